The van der Waals surface area contributed by atoms with Gasteiger partial charge < -0.3 is 15.2 Å². The Labute approximate surface area is 143 Å². The van der Waals surface area contributed by atoms with Gasteiger partial charge in [0, 0.05) is 24.5 Å². The number of aryl methyl sites for hydroxylation is 1. The first-order valence-electron chi connectivity index (χ1n) is 7.91. The van der Waals surface area contributed by atoms with E-state index in [4.69, 9.17) is 0 Å². The number of alkyl carbamates (subject to hydrolysis) is 1. The number of rotatable bonds is 9. The molecular formula is C17H28N2O3S. The number of aliphatic hydroxyl groups is 1. The number of aliphatic hydroxyl groups excluding tert-OH is 1. The number of hydrogen-bond acceptors (Lipinski definition) is 5. The third-order valence-electron chi connectivity index (χ3n) is 3.33. The fourth-order valence-electron chi connectivity index (χ4n) is 2.12. The first kappa shape index (κ1) is 19.8. The van der Waals surface area contributed by atoms with Gasteiger partial charge in [-0.25, -0.2) is 9.10 Å². The predicted octanol–water partition coefficient (Wildman–Crippen LogP) is 3.20. The lowest BCUT2D eigenvalue weighted by atomic mass is 10.1. The van der Waals surface area contributed by atoms with Crippen molar-refractivity contribution < 1.29 is 14.6 Å². The van der Waals surface area contributed by atoms with E-state index in [0.29, 0.717) is 12.5 Å². The number of nitrogens with one attached hydrogen (secondary N) is 1. The number of carbonyl (C=O) groups is 1. The Morgan fingerprint density at radius 3 is 2.78 bits per heavy atom. The van der Waals surface area contributed by atoms with Gasteiger partial charge in [-0.3, -0.25) is 0 Å². The second-order valence-electron chi connectivity index (χ2n) is 5.89. The molecule has 0 aromatic heterocycles. The Hall–Kier alpha value is -1.24. The molecule has 130 valence electrons. The third-order valence-corrected chi connectivity index (χ3v) is 4.39. The Morgan fingerprint density at radius 1 is 1.43 bits per heavy atom. The van der Waals surface area contributed by atoms with Crippen LogP contribution in [-0.4, -0.2) is 42.2 Å². The van der Waals surface area contributed by atoms with Gasteiger partial charge in [0.15, 0.2) is 0 Å². The Bertz CT molecular complexity index is 495. The van der Waals surface area contributed by atoms with Crippen LogP contribution in [0.25, 0.3) is 0 Å². The standard InChI is InChI=1S/C17H28N2O3S/c1-13(2)11-19(9-5-8-18-17(21)22-4)23-16-7-6-14(3)15(10-16)12-20/h6-7,10,13,20H,5,8-9,11-12H2,1-4H3,(H,18,21). The van der Waals surface area contributed by atoms with Crippen molar-refractivity contribution in [1.82, 2.24) is 9.62 Å². The molecule has 0 aliphatic heterocycles. The molecule has 1 aromatic rings. The van der Waals surface area contributed by atoms with Gasteiger partial charge in [-0.15, -0.1) is 0 Å². The minimum Gasteiger partial charge on any atom is -0.453 e. The van der Waals surface area contributed by atoms with Gasteiger partial charge in [-0.1, -0.05) is 19.9 Å². The van der Waals surface area contributed by atoms with Crippen LogP contribution >= 0.6 is 11.9 Å². The van der Waals surface area contributed by atoms with Crippen molar-refractivity contribution in [2.75, 3.05) is 26.7 Å². The molecular weight excluding hydrogens is 312 g/mol. The number of methoxy groups -OCH3 is 1. The van der Waals surface area contributed by atoms with Crippen molar-refractivity contribution in [2.45, 2.75) is 38.7 Å². The number of hydrogen-bond donors (Lipinski definition) is 2. The van der Waals surface area contributed by atoms with Gasteiger partial charge in [0.2, 0.25) is 0 Å². The monoisotopic (exact) mass is 340 g/mol. The molecule has 1 rings (SSSR count). The lowest BCUT2D eigenvalue weighted by molar-refractivity contribution is 0.170. The minimum absolute atomic E-state index is 0.0630. The van der Waals surface area contributed by atoms with Crippen molar-refractivity contribution in [3.63, 3.8) is 0 Å². The zero-order valence-electron chi connectivity index (χ0n) is 14.5. The van der Waals surface area contributed by atoms with Gasteiger partial charge >= 0.3 is 6.09 Å². The van der Waals surface area contributed by atoms with E-state index in [1.54, 1.807) is 11.9 Å². The number of nitrogens with zero attached hydrogens (tertiary/aromatic N) is 1. The summed E-state index contributed by atoms with van der Waals surface area (Å²) in [5.41, 5.74) is 2.07. The van der Waals surface area contributed by atoms with E-state index in [0.717, 1.165) is 35.5 Å². The van der Waals surface area contributed by atoms with Gasteiger partial charge in [0.25, 0.3) is 0 Å². The van der Waals surface area contributed by atoms with E-state index in [1.165, 1.54) is 7.11 Å². The molecule has 0 aliphatic carbocycles. The normalized spacial score (nSPS) is 11.1. The van der Waals surface area contributed by atoms with E-state index >= 15 is 0 Å². The summed E-state index contributed by atoms with van der Waals surface area (Å²) >= 11 is 1.70. The van der Waals surface area contributed by atoms with E-state index in [2.05, 4.69) is 34.3 Å². The van der Waals surface area contributed by atoms with Crippen molar-refractivity contribution in [3.8, 4) is 0 Å². The zero-order chi connectivity index (χ0) is 17.2. The Balaban J connectivity index is 2.58. The summed E-state index contributed by atoms with van der Waals surface area (Å²) in [5, 5.41) is 12.1. The molecule has 6 heteroatoms. The third kappa shape index (κ3) is 7.72. The molecule has 1 aromatic carbocycles. The summed E-state index contributed by atoms with van der Waals surface area (Å²) in [7, 11) is 1.37. The van der Waals surface area contributed by atoms with E-state index < -0.39 is 0 Å². The van der Waals surface area contributed by atoms with Crippen LogP contribution in [0.2, 0.25) is 0 Å². The highest BCUT2D eigenvalue weighted by Crippen LogP contribution is 2.26. The molecule has 1 amide bonds. The molecule has 5 nitrogen and oxygen atoms in total. The molecule has 23 heavy (non-hydrogen) atoms. The summed E-state index contributed by atoms with van der Waals surface area (Å²) in [6.07, 6.45) is 0.465. The molecule has 0 heterocycles. The van der Waals surface area contributed by atoms with Gasteiger partial charge in [-0.05, 0) is 54.5 Å². The van der Waals surface area contributed by atoms with Crippen LogP contribution in [0, 0.1) is 12.8 Å². The average molecular weight is 340 g/mol. The molecule has 0 spiro atoms. The highest BCUT2D eigenvalue weighted by atomic mass is 32.2. The quantitative estimate of drug-likeness (QED) is 0.534. The van der Waals surface area contributed by atoms with Crippen LogP contribution in [0.4, 0.5) is 4.79 Å². The van der Waals surface area contributed by atoms with Crippen molar-refractivity contribution in [3.05, 3.63) is 29.3 Å². The molecule has 0 radical (unpaired) electrons. The molecule has 0 atom stereocenters. The minimum atomic E-state index is -0.390. The van der Waals surface area contributed by atoms with Crippen LogP contribution in [-0.2, 0) is 11.3 Å². The van der Waals surface area contributed by atoms with Crippen LogP contribution in [0.15, 0.2) is 23.1 Å². The summed E-state index contributed by atoms with van der Waals surface area (Å²) < 4.78 is 6.86. The molecule has 0 fully saturated rings. The molecule has 0 saturated carbocycles. The highest BCUT2D eigenvalue weighted by Gasteiger charge is 2.11. The highest BCUT2D eigenvalue weighted by molar-refractivity contribution is 7.97. The molecule has 0 aliphatic rings. The van der Waals surface area contributed by atoms with Crippen molar-refractivity contribution >= 4 is 18.0 Å². The second-order valence-corrected chi connectivity index (χ2v) is 7.06. The molecule has 0 unspecified atom stereocenters. The van der Waals surface area contributed by atoms with Crippen LogP contribution in [0.1, 0.15) is 31.4 Å². The molecule has 0 bridgehead atoms. The van der Waals surface area contributed by atoms with E-state index in [-0.39, 0.29) is 12.7 Å². The molecule has 2 N–H and O–H groups in total. The Morgan fingerprint density at radius 2 is 2.17 bits per heavy atom. The largest absolute Gasteiger partial charge is 0.453 e. The average Bonchev–Trinajstić information content (AvgIpc) is 2.52. The summed E-state index contributed by atoms with van der Waals surface area (Å²) in [4.78, 5) is 12.2. The lowest BCUT2D eigenvalue weighted by Gasteiger charge is -2.23. The zero-order valence-corrected chi connectivity index (χ0v) is 15.3. The van der Waals surface area contributed by atoms with Crippen molar-refractivity contribution in [1.29, 1.82) is 0 Å². The van der Waals surface area contributed by atoms with E-state index in [9.17, 15) is 9.90 Å². The second kappa shape index (κ2) is 10.5. The van der Waals surface area contributed by atoms with Crippen LogP contribution in [0.5, 0.6) is 0 Å². The smallest absolute Gasteiger partial charge is 0.406 e. The van der Waals surface area contributed by atoms with Gasteiger partial charge in [0.05, 0.1) is 13.7 Å². The SMILES string of the molecule is COC(=O)NCCCN(CC(C)C)Sc1ccc(C)c(CO)c1. The first-order chi connectivity index (χ1) is 11.0. The maximum atomic E-state index is 11.1. The Kier molecular flexibility index (Phi) is 9.06. The predicted molar refractivity (Wildman–Crippen MR) is 94.4 cm³/mol. The number of carbonyl (C=O) groups excluding carboxylic acids is 1. The maximum Gasteiger partial charge on any atom is 0.406 e. The number of benzene rings is 1. The van der Waals surface area contributed by atoms with E-state index in [1.807, 2.05) is 19.1 Å². The molecule has 0 saturated heterocycles. The lowest BCUT2D eigenvalue weighted by Crippen LogP contribution is -2.28. The first-order valence-corrected chi connectivity index (χ1v) is 8.68. The fourth-order valence-corrected chi connectivity index (χ4v) is 3.34. The van der Waals surface area contributed by atoms with Gasteiger partial charge in [-0.2, -0.15) is 0 Å². The number of ether oxygens (including phenoxy) is 1. The van der Waals surface area contributed by atoms with Gasteiger partial charge in [0.1, 0.15) is 0 Å². The number of amides is 1. The summed E-state index contributed by atoms with van der Waals surface area (Å²) in [5.74, 6) is 0.554. The summed E-state index contributed by atoms with van der Waals surface area (Å²) in [6.45, 7) is 8.87. The maximum absolute atomic E-state index is 11.1. The van der Waals surface area contributed by atoms with Crippen LogP contribution < -0.4 is 5.32 Å². The van der Waals surface area contributed by atoms with Crippen molar-refractivity contribution in [2.24, 2.45) is 5.92 Å². The van der Waals surface area contributed by atoms with Crippen LogP contribution in [0.3, 0.4) is 0 Å². The fraction of sp³-hybridized carbons (Fsp3) is 0.588. The summed E-state index contributed by atoms with van der Waals surface area (Å²) in [6, 6.07) is 6.17. The topological polar surface area (TPSA) is 61.8 Å².